The fourth-order valence-electron chi connectivity index (χ4n) is 2.99. The molecule has 2 aromatic rings. The van der Waals surface area contributed by atoms with Crippen LogP contribution in [-0.4, -0.2) is 52.5 Å². The number of pyridine rings is 1. The molecule has 3 rings (SSSR count). The Kier molecular flexibility index (Phi) is 6.45. The summed E-state index contributed by atoms with van der Waals surface area (Å²) in [7, 11) is 1.34. The van der Waals surface area contributed by atoms with E-state index in [9.17, 15) is 13.9 Å². The summed E-state index contributed by atoms with van der Waals surface area (Å²) in [6.07, 6.45) is 0.456. The quantitative estimate of drug-likeness (QED) is 0.702. The lowest BCUT2D eigenvalue weighted by Gasteiger charge is -2.36. The second-order valence-electron chi connectivity index (χ2n) is 7.00. The van der Waals surface area contributed by atoms with Crippen molar-refractivity contribution in [3.63, 3.8) is 0 Å². The van der Waals surface area contributed by atoms with E-state index >= 15 is 4.39 Å². The van der Waals surface area contributed by atoms with Gasteiger partial charge in [0, 0.05) is 26.3 Å². The molecule has 0 bridgehead atoms. The number of rotatable bonds is 6. The van der Waals surface area contributed by atoms with Crippen molar-refractivity contribution in [1.29, 1.82) is 0 Å². The third-order valence-corrected chi connectivity index (χ3v) is 4.80. The molecule has 0 aromatic carbocycles. The van der Waals surface area contributed by atoms with Crippen molar-refractivity contribution in [2.45, 2.75) is 31.5 Å². The lowest BCUT2D eigenvalue weighted by Crippen LogP contribution is -2.43. The minimum absolute atomic E-state index is 0.0841. The summed E-state index contributed by atoms with van der Waals surface area (Å²) in [6, 6.07) is 0.642. The minimum atomic E-state index is -1.20. The number of hydrogen-bond donors (Lipinski definition) is 1. The maximum absolute atomic E-state index is 15.1. The lowest BCUT2D eigenvalue weighted by molar-refractivity contribution is 0.0348. The minimum Gasteiger partial charge on any atom is -0.463 e. The van der Waals surface area contributed by atoms with Crippen molar-refractivity contribution in [3.8, 4) is 5.88 Å². The molecule has 1 atom stereocenters. The van der Waals surface area contributed by atoms with Crippen molar-refractivity contribution >= 4 is 17.4 Å². The highest BCUT2D eigenvalue weighted by atomic mass is 35.5. The highest BCUT2D eigenvalue weighted by Gasteiger charge is 2.31. The molecule has 0 spiro atoms. The smallest absolute Gasteiger partial charge is 0.257 e. The Labute approximate surface area is 170 Å². The van der Waals surface area contributed by atoms with Gasteiger partial charge in [-0.2, -0.15) is 14.4 Å². The molecule has 0 saturated carbocycles. The molecule has 158 valence electrons. The molecule has 1 aliphatic heterocycles. The molecule has 7 nitrogen and oxygen atoms in total. The van der Waals surface area contributed by atoms with Crippen LogP contribution in [0.5, 0.6) is 5.88 Å². The molecule has 0 aliphatic carbocycles. The van der Waals surface area contributed by atoms with Crippen LogP contribution in [0.25, 0.3) is 0 Å². The lowest BCUT2D eigenvalue weighted by atomic mass is 9.94. The van der Waals surface area contributed by atoms with Gasteiger partial charge in [0.15, 0.2) is 17.7 Å². The van der Waals surface area contributed by atoms with Crippen LogP contribution in [0.3, 0.4) is 0 Å². The van der Waals surface area contributed by atoms with Crippen LogP contribution in [0.1, 0.15) is 31.6 Å². The van der Waals surface area contributed by atoms with E-state index in [1.807, 2.05) is 0 Å². The SMILES string of the molecule is COCC(Oc1nc(Cl)nc(N2CCC(C)(O)CC2)c1F)c1ncc(F)cc1F. The molecule has 29 heavy (non-hydrogen) atoms. The first kappa shape index (κ1) is 21.5. The summed E-state index contributed by atoms with van der Waals surface area (Å²) in [5.74, 6) is -3.31. The maximum Gasteiger partial charge on any atom is 0.257 e. The van der Waals surface area contributed by atoms with Crippen LogP contribution in [0, 0.1) is 17.5 Å². The molecular weight excluding hydrogens is 413 g/mol. The Hall–Kier alpha value is -2.17. The molecule has 3 heterocycles. The van der Waals surface area contributed by atoms with Gasteiger partial charge in [0.05, 0.1) is 18.4 Å². The van der Waals surface area contributed by atoms with Crippen LogP contribution in [-0.2, 0) is 4.74 Å². The second kappa shape index (κ2) is 8.68. The van der Waals surface area contributed by atoms with Gasteiger partial charge in [0.25, 0.3) is 5.88 Å². The van der Waals surface area contributed by atoms with Crippen molar-refractivity contribution in [2.24, 2.45) is 0 Å². The van der Waals surface area contributed by atoms with E-state index < -0.39 is 35.0 Å². The number of piperidine rings is 1. The average molecular weight is 433 g/mol. The predicted molar refractivity (Wildman–Crippen MR) is 98.5 cm³/mol. The number of aromatic nitrogens is 3. The van der Waals surface area contributed by atoms with Gasteiger partial charge in [0.1, 0.15) is 11.5 Å². The number of nitrogens with zero attached hydrogens (tertiary/aromatic N) is 4. The zero-order chi connectivity index (χ0) is 21.2. The number of aliphatic hydroxyl groups is 1. The van der Waals surface area contributed by atoms with Gasteiger partial charge in [-0.05, 0) is 31.4 Å². The second-order valence-corrected chi connectivity index (χ2v) is 7.34. The highest BCUT2D eigenvalue weighted by molar-refractivity contribution is 6.28. The number of methoxy groups -OCH3 is 1. The topological polar surface area (TPSA) is 80.6 Å². The number of ether oxygens (including phenoxy) is 2. The first-order valence-corrected chi connectivity index (χ1v) is 9.25. The fraction of sp³-hybridized carbons (Fsp3) is 0.500. The van der Waals surface area contributed by atoms with Gasteiger partial charge in [0.2, 0.25) is 11.1 Å². The first-order valence-electron chi connectivity index (χ1n) is 8.87. The molecule has 1 unspecified atom stereocenters. The van der Waals surface area contributed by atoms with E-state index in [1.165, 1.54) is 7.11 Å². The van der Waals surface area contributed by atoms with Crippen molar-refractivity contribution in [1.82, 2.24) is 15.0 Å². The van der Waals surface area contributed by atoms with E-state index in [0.717, 1.165) is 6.20 Å². The first-order chi connectivity index (χ1) is 13.7. The summed E-state index contributed by atoms with van der Waals surface area (Å²) in [5, 5.41) is 9.81. The Morgan fingerprint density at radius 1 is 1.28 bits per heavy atom. The van der Waals surface area contributed by atoms with Crippen LogP contribution in [0.15, 0.2) is 12.3 Å². The summed E-state index contributed by atoms with van der Waals surface area (Å²) in [6.45, 7) is 2.22. The van der Waals surface area contributed by atoms with E-state index in [4.69, 9.17) is 21.1 Å². The van der Waals surface area contributed by atoms with Crippen LogP contribution in [0.4, 0.5) is 19.0 Å². The Morgan fingerprint density at radius 3 is 2.59 bits per heavy atom. The molecule has 11 heteroatoms. The zero-order valence-electron chi connectivity index (χ0n) is 15.8. The zero-order valence-corrected chi connectivity index (χ0v) is 16.6. The molecule has 1 saturated heterocycles. The molecule has 1 aliphatic rings. The van der Waals surface area contributed by atoms with Crippen molar-refractivity contribution in [3.05, 3.63) is 40.7 Å². The van der Waals surface area contributed by atoms with Gasteiger partial charge in [-0.15, -0.1) is 0 Å². The normalized spacial score (nSPS) is 17.3. The molecule has 0 radical (unpaired) electrons. The van der Waals surface area contributed by atoms with Gasteiger partial charge >= 0.3 is 0 Å². The van der Waals surface area contributed by atoms with E-state index in [0.29, 0.717) is 32.0 Å². The summed E-state index contributed by atoms with van der Waals surface area (Å²) < 4.78 is 52.9. The third kappa shape index (κ3) is 5.06. The van der Waals surface area contributed by atoms with E-state index in [1.54, 1.807) is 11.8 Å². The number of anilines is 1. The van der Waals surface area contributed by atoms with Crippen LogP contribution >= 0.6 is 11.6 Å². The summed E-state index contributed by atoms with van der Waals surface area (Å²) >= 11 is 5.94. The molecule has 0 amide bonds. The van der Waals surface area contributed by atoms with Gasteiger partial charge in [-0.25, -0.2) is 8.78 Å². The van der Waals surface area contributed by atoms with Gasteiger partial charge < -0.3 is 19.5 Å². The number of hydrogen-bond acceptors (Lipinski definition) is 7. The van der Waals surface area contributed by atoms with Crippen LogP contribution < -0.4 is 9.64 Å². The Balaban J connectivity index is 1.90. The van der Waals surface area contributed by atoms with Crippen molar-refractivity contribution in [2.75, 3.05) is 31.7 Å². The average Bonchev–Trinajstić information content (AvgIpc) is 2.64. The third-order valence-electron chi connectivity index (χ3n) is 4.63. The fourth-order valence-corrected chi connectivity index (χ4v) is 3.15. The Morgan fingerprint density at radius 2 is 1.97 bits per heavy atom. The highest BCUT2D eigenvalue weighted by Crippen LogP contribution is 2.32. The van der Waals surface area contributed by atoms with E-state index in [2.05, 4.69) is 15.0 Å². The summed E-state index contributed by atoms with van der Waals surface area (Å²) in [4.78, 5) is 13.0. The van der Waals surface area contributed by atoms with Gasteiger partial charge in [-0.3, -0.25) is 4.98 Å². The Bertz CT molecular complexity index is 878. The van der Waals surface area contributed by atoms with Crippen LogP contribution in [0.2, 0.25) is 5.28 Å². The largest absolute Gasteiger partial charge is 0.463 e. The molecule has 1 N–H and O–H groups in total. The maximum atomic E-state index is 15.1. The standard InChI is InChI=1S/C18H20ClF3N4O3/c1-18(27)3-5-26(6-4-18)15-13(22)16(25-17(19)24-15)29-12(9-28-2)14-11(21)7-10(20)8-23-14/h7-8,12,27H,3-6,9H2,1-2H3. The van der Waals surface area contributed by atoms with E-state index in [-0.39, 0.29) is 23.4 Å². The number of halogens is 4. The molecule has 1 fully saturated rings. The van der Waals surface area contributed by atoms with Crippen molar-refractivity contribution < 1.29 is 27.8 Å². The predicted octanol–water partition coefficient (Wildman–Crippen LogP) is 3.06. The molecule has 2 aromatic heterocycles. The molecular formula is C18H20ClF3N4O3. The van der Waals surface area contributed by atoms with Gasteiger partial charge in [-0.1, -0.05) is 0 Å². The monoisotopic (exact) mass is 432 g/mol. The summed E-state index contributed by atoms with van der Waals surface area (Å²) in [5.41, 5.74) is -1.10.